The van der Waals surface area contributed by atoms with E-state index in [2.05, 4.69) is 15.3 Å². The van der Waals surface area contributed by atoms with Gasteiger partial charge in [0.15, 0.2) is 0 Å². The Morgan fingerprint density at radius 1 is 1.45 bits per heavy atom. The molecule has 0 aromatic carbocycles. The Bertz CT molecular complexity index is 570. The Hall–Kier alpha value is -1.95. The van der Waals surface area contributed by atoms with Crippen LogP contribution >= 0.6 is 11.3 Å². The van der Waals surface area contributed by atoms with Gasteiger partial charge in [0.2, 0.25) is 0 Å². The highest BCUT2D eigenvalue weighted by Gasteiger charge is 2.19. The normalized spacial score (nSPS) is 12.3. The van der Waals surface area contributed by atoms with Crippen LogP contribution in [-0.2, 0) is 4.79 Å². The lowest BCUT2D eigenvalue weighted by Crippen LogP contribution is -2.31. The van der Waals surface area contributed by atoms with E-state index >= 15 is 0 Å². The highest BCUT2D eigenvalue weighted by atomic mass is 32.1. The van der Waals surface area contributed by atoms with E-state index in [0.717, 1.165) is 10.6 Å². The van der Waals surface area contributed by atoms with E-state index in [9.17, 15) is 9.90 Å². The van der Waals surface area contributed by atoms with Crippen LogP contribution in [0.4, 0.5) is 5.82 Å². The molecule has 0 aliphatic rings. The highest BCUT2D eigenvalue weighted by Crippen LogP contribution is 2.23. The van der Waals surface area contributed by atoms with E-state index in [-0.39, 0.29) is 5.92 Å². The molecule has 0 fully saturated rings. The van der Waals surface area contributed by atoms with Crippen LogP contribution in [0.15, 0.2) is 29.9 Å². The number of rotatable bonds is 6. The molecule has 2 aromatic heterocycles. The fraction of sp³-hybridized carbons (Fsp3) is 0.357. The van der Waals surface area contributed by atoms with Crippen molar-refractivity contribution < 1.29 is 9.90 Å². The molecular weight excluding hydrogens is 274 g/mol. The molecule has 1 atom stereocenters. The van der Waals surface area contributed by atoms with Crippen molar-refractivity contribution in [3.05, 3.63) is 29.9 Å². The van der Waals surface area contributed by atoms with Gasteiger partial charge < -0.3 is 10.4 Å². The molecule has 0 saturated carbocycles. The summed E-state index contributed by atoms with van der Waals surface area (Å²) >= 11 is 1.57. The first-order valence-corrected chi connectivity index (χ1v) is 7.29. The Labute approximate surface area is 121 Å². The fourth-order valence-corrected chi connectivity index (χ4v) is 2.53. The summed E-state index contributed by atoms with van der Waals surface area (Å²) in [6.45, 7) is 3.98. The summed E-state index contributed by atoms with van der Waals surface area (Å²) in [5.41, 5.74) is 0.749. The minimum Gasteiger partial charge on any atom is -0.480 e. The van der Waals surface area contributed by atoms with Crippen molar-refractivity contribution in [2.45, 2.75) is 26.3 Å². The second-order valence-electron chi connectivity index (χ2n) is 4.93. The van der Waals surface area contributed by atoms with Gasteiger partial charge in [0.05, 0.1) is 17.3 Å². The van der Waals surface area contributed by atoms with E-state index in [4.69, 9.17) is 0 Å². The van der Waals surface area contributed by atoms with Crippen molar-refractivity contribution in [3.63, 3.8) is 0 Å². The number of thiophene rings is 1. The van der Waals surface area contributed by atoms with Gasteiger partial charge in [-0.2, -0.15) is 0 Å². The van der Waals surface area contributed by atoms with E-state index in [1.165, 1.54) is 0 Å². The van der Waals surface area contributed by atoms with Gasteiger partial charge in [-0.15, -0.1) is 11.3 Å². The lowest BCUT2D eigenvalue weighted by Gasteiger charge is -2.16. The standard InChI is InChI=1S/C14H17N3O2S/c1-9(2)6-10(14(18)19)16-13-8-15-7-11(17-13)12-4-3-5-20-12/h3-5,7-10H,6H2,1-2H3,(H,16,17)(H,18,19). The number of carboxylic acids is 1. The van der Waals surface area contributed by atoms with Gasteiger partial charge in [-0.25, -0.2) is 9.78 Å². The average Bonchev–Trinajstić information content (AvgIpc) is 2.91. The van der Waals surface area contributed by atoms with Crippen LogP contribution in [0.5, 0.6) is 0 Å². The van der Waals surface area contributed by atoms with Gasteiger partial charge in [0.1, 0.15) is 17.6 Å². The molecule has 20 heavy (non-hydrogen) atoms. The molecule has 0 spiro atoms. The zero-order valence-corrected chi connectivity index (χ0v) is 12.2. The predicted octanol–water partition coefficient (Wildman–Crippen LogP) is 3.12. The lowest BCUT2D eigenvalue weighted by atomic mass is 10.0. The summed E-state index contributed by atoms with van der Waals surface area (Å²) < 4.78 is 0. The van der Waals surface area contributed by atoms with Crippen LogP contribution in [-0.4, -0.2) is 27.1 Å². The van der Waals surface area contributed by atoms with Crippen LogP contribution in [0, 0.1) is 5.92 Å². The summed E-state index contributed by atoms with van der Waals surface area (Å²) in [5.74, 6) is -0.0944. The number of nitrogens with zero attached hydrogens (tertiary/aromatic N) is 2. The van der Waals surface area contributed by atoms with Gasteiger partial charge in [0.25, 0.3) is 0 Å². The van der Waals surface area contributed by atoms with Crippen LogP contribution in [0.25, 0.3) is 10.6 Å². The Morgan fingerprint density at radius 3 is 2.85 bits per heavy atom. The smallest absolute Gasteiger partial charge is 0.326 e. The van der Waals surface area contributed by atoms with Gasteiger partial charge in [-0.1, -0.05) is 19.9 Å². The Kier molecular flexibility index (Phi) is 4.68. The Balaban J connectivity index is 2.16. The molecule has 6 heteroatoms. The number of carbonyl (C=O) groups is 1. The van der Waals surface area contributed by atoms with Crippen molar-refractivity contribution in [3.8, 4) is 10.6 Å². The molecule has 0 radical (unpaired) electrons. The van der Waals surface area contributed by atoms with Crippen molar-refractivity contribution >= 4 is 23.1 Å². The molecule has 5 nitrogen and oxygen atoms in total. The topological polar surface area (TPSA) is 75.1 Å². The molecule has 0 bridgehead atoms. The first-order chi connectivity index (χ1) is 9.56. The number of aliphatic carboxylic acids is 1. The van der Waals surface area contributed by atoms with Gasteiger partial charge in [-0.05, 0) is 23.8 Å². The third-order valence-corrected chi connectivity index (χ3v) is 3.63. The van der Waals surface area contributed by atoms with Crippen molar-refractivity contribution in [2.24, 2.45) is 5.92 Å². The zero-order chi connectivity index (χ0) is 14.5. The van der Waals surface area contributed by atoms with Gasteiger partial charge >= 0.3 is 5.97 Å². The molecule has 2 aromatic rings. The molecular formula is C14H17N3O2S. The van der Waals surface area contributed by atoms with Crippen LogP contribution in [0.1, 0.15) is 20.3 Å². The molecule has 2 N–H and O–H groups in total. The number of carboxylic acid groups (broad SMARTS) is 1. The zero-order valence-electron chi connectivity index (χ0n) is 11.4. The summed E-state index contributed by atoms with van der Waals surface area (Å²) in [5, 5.41) is 14.1. The molecule has 0 saturated heterocycles. The number of aromatic nitrogens is 2. The highest BCUT2D eigenvalue weighted by molar-refractivity contribution is 7.13. The van der Waals surface area contributed by atoms with Crippen molar-refractivity contribution in [2.75, 3.05) is 5.32 Å². The minimum absolute atomic E-state index is 0.289. The SMILES string of the molecule is CC(C)CC(Nc1cncc(-c2cccs2)n1)C(=O)O. The summed E-state index contributed by atoms with van der Waals surface area (Å²) in [6, 6.07) is 3.25. The number of nitrogens with one attached hydrogen (secondary N) is 1. The molecule has 0 amide bonds. The lowest BCUT2D eigenvalue weighted by molar-refractivity contribution is -0.138. The Morgan fingerprint density at radius 2 is 2.25 bits per heavy atom. The van der Waals surface area contributed by atoms with Crippen molar-refractivity contribution in [1.29, 1.82) is 0 Å². The van der Waals surface area contributed by atoms with Crippen LogP contribution in [0.2, 0.25) is 0 Å². The summed E-state index contributed by atoms with van der Waals surface area (Å²) in [7, 11) is 0. The molecule has 2 heterocycles. The number of hydrogen-bond acceptors (Lipinski definition) is 5. The maximum atomic E-state index is 11.2. The number of anilines is 1. The van der Waals surface area contributed by atoms with Gasteiger partial charge in [-0.3, -0.25) is 4.98 Å². The maximum absolute atomic E-state index is 11.2. The van der Waals surface area contributed by atoms with E-state index in [0.29, 0.717) is 12.2 Å². The fourth-order valence-electron chi connectivity index (χ4n) is 1.85. The first-order valence-electron chi connectivity index (χ1n) is 6.41. The molecule has 2 rings (SSSR count). The van der Waals surface area contributed by atoms with E-state index < -0.39 is 12.0 Å². The minimum atomic E-state index is -0.873. The first kappa shape index (κ1) is 14.5. The third kappa shape index (κ3) is 3.77. The molecule has 106 valence electrons. The van der Waals surface area contributed by atoms with E-state index in [1.54, 1.807) is 23.7 Å². The summed E-state index contributed by atoms with van der Waals surface area (Å²) in [4.78, 5) is 20.8. The monoisotopic (exact) mass is 291 g/mol. The summed E-state index contributed by atoms with van der Waals surface area (Å²) in [6.07, 6.45) is 3.77. The second-order valence-corrected chi connectivity index (χ2v) is 5.88. The van der Waals surface area contributed by atoms with Crippen LogP contribution in [0.3, 0.4) is 0 Å². The van der Waals surface area contributed by atoms with Gasteiger partial charge in [0, 0.05) is 0 Å². The molecule has 0 aliphatic carbocycles. The maximum Gasteiger partial charge on any atom is 0.326 e. The number of hydrogen-bond donors (Lipinski definition) is 2. The third-order valence-electron chi connectivity index (χ3n) is 2.74. The second kappa shape index (κ2) is 6.47. The average molecular weight is 291 g/mol. The largest absolute Gasteiger partial charge is 0.480 e. The predicted molar refractivity (Wildman–Crippen MR) is 79.8 cm³/mol. The quantitative estimate of drug-likeness (QED) is 0.855. The van der Waals surface area contributed by atoms with E-state index in [1.807, 2.05) is 31.4 Å². The molecule has 0 aliphatic heterocycles. The van der Waals surface area contributed by atoms with Crippen LogP contribution < -0.4 is 5.32 Å². The van der Waals surface area contributed by atoms with Crippen molar-refractivity contribution in [1.82, 2.24) is 9.97 Å². The molecule has 1 unspecified atom stereocenters.